The molecule has 0 saturated carbocycles. The zero-order valence-electron chi connectivity index (χ0n) is 14.3. The van der Waals surface area contributed by atoms with Gasteiger partial charge in [0.05, 0.1) is 13.2 Å². The average Bonchev–Trinajstić information content (AvgIpc) is 2.62. The van der Waals surface area contributed by atoms with E-state index in [-0.39, 0.29) is 12.2 Å². The molecule has 3 rings (SSSR count). The number of rotatable bonds is 4. The summed E-state index contributed by atoms with van der Waals surface area (Å²) < 4.78 is 12.1. The van der Waals surface area contributed by atoms with Crippen molar-refractivity contribution in [2.24, 2.45) is 0 Å². The second kappa shape index (κ2) is 7.29. The summed E-state index contributed by atoms with van der Waals surface area (Å²) in [5.74, 6) is 0.558. The molecule has 1 saturated heterocycles. The van der Waals surface area contributed by atoms with Gasteiger partial charge in [0.25, 0.3) is 0 Å². The van der Waals surface area contributed by atoms with Crippen LogP contribution >= 0.6 is 0 Å². The summed E-state index contributed by atoms with van der Waals surface area (Å²) in [5, 5.41) is 0. The van der Waals surface area contributed by atoms with E-state index in [1.165, 1.54) is 22.3 Å². The Bertz CT molecular complexity index is 605. The maximum atomic E-state index is 6.06. The van der Waals surface area contributed by atoms with Crippen LogP contribution in [0.15, 0.2) is 48.5 Å². The molecule has 23 heavy (non-hydrogen) atoms. The molecular formula is C21H26O2. The molecule has 0 spiro atoms. The first-order valence-electron chi connectivity index (χ1n) is 8.59. The van der Waals surface area contributed by atoms with Gasteiger partial charge in [0.1, 0.15) is 12.2 Å². The highest BCUT2D eigenvalue weighted by Gasteiger charge is 2.24. The van der Waals surface area contributed by atoms with Gasteiger partial charge in [-0.1, -0.05) is 69.3 Å². The van der Waals surface area contributed by atoms with Crippen LogP contribution in [0.25, 0.3) is 0 Å². The van der Waals surface area contributed by atoms with E-state index in [2.05, 4.69) is 69.3 Å². The van der Waals surface area contributed by atoms with Crippen LogP contribution in [0.5, 0.6) is 0 Å². The predicted octanol–water partition coefficient (Wildman–Crippen LogP) is 5.20. The fraction of sp³-hybridized carbons (Fsp3) is 0.429. The molecule has 0 aliphatic carbocycles. The SMILES string of the molecule is CCc1ccc([C@@H]2CO[C@@H](c3ccc(C(C)C)cc3)CO2)cc1. The lowest BCUT2D eigenvalue weighted by Crippen LogP contribution is -2.25. The van der Waals surface area contributed by atoms with E-state index < -0.39 is 0 Å². The lowest BCUT2D eigenvalue weighted by Gasteiger charge is -2.30. The molecule has 2 aromatic rings. The van der Waals surface area contributed by atoms with Crippen molar-refractivity contribution < 1.29 is 9.47 Å². The molecule has 0 amide bonds. The zero-order valence-corrected chi connectivity index (χ0v) is 14.3. The number of benzene rings is 2. The third-order valence-electron chi connectivity index (χ3n) is 4.63. The number of ether oxygens (including phenoxy) is 2. The molecule has 1 aliphatic heterocycles. The summed E-state index contributed by atoms with van der Waals surface area (Å²) in [4.78, 5) is 0. The van der Waals surface area contributed by atoms with Crippen molar-refractivity contribution in [3.8, 4) is 0 Å². The molecule has 2 heteroatoms. The minimum absolute atomic E-state index is 0.0439. The molecule has 0 bridgehead atoms. The van der Waals surface area contributed by atoms with Crippen LogP contribution in [0.1, 0.15) is 61.2 Å². The summed E-state index contributed by atoms with van der Waals surface area (Å²) >= 11 is 0. The highest BCUT2D eigenvalue weighted by molar-refractivity contribution is 5.27. The largest absolute Gasteiger partial charge is 0.368 e. The van der Waals surface area contributed by atoms with Crippen LogP contribution in [-0.4, -0.2) is 13.2 Å². The van der Waals surface area contributed by atoms with Gasteiger partial charge in [-0.05, 0) is 34.6 Å². The first-order valence-corrected chi connectivity index (χ1v) is 8.59. The fourth-order valence-electron chi connectivity index (χ4n) is 2.95. The molecule has 0 N–H and O–H groups in total. The van der Waals surface area contributed by atoms with Crippen LogP contribution in [0, 0.1) is 0 Å². The zero-order chi connectivity index (χ0) is 16.2. The summed E-state index contributed by atoms with van der Waals surface area (Å²) in [6.07, 6.45) is 1.16. The van der Waals surface area contributed by atoms with E-state index >= 15 is 0 Å². The Morgan fingerprint density at radius 1 is 0.826 bits per heavy atom. The molecule has 1 heterocycles. The molecule has 0 unspecified atom stereocenters. The highest BCUT2D eigenvalue weighted by atomic mass is 16.6. The van der Waals surface area contributed by atoms with Crippen molar-refractivity contribution in [1.29, 1.82) is 0 Å². The molecule has 2 nitrogen and oxygen atoms in total. The topological polar surface area (TPSA) is 18.5 Å². The molecule has 1 aliphatic rings. The van der Waals surface area contributed by atoms with Crippen molar-refractivity contribution in [1.82, 2.24) is 0 Å². The van der Waals surface area contributed by atoms with Gasteiger partial charge in [-0.3, -0.25) is 0 Å². The lowest BCUT2D eigenvalue weighted by molar-refractivity contribution is -0.137. The van der Waals surface area contributed by atoms with E-state index in [0.29, 0.717) is 19.1 Å². The first-order chi connectivity index (χ1) is 11.2. The average molecular weight is 310 g/mol. The van der Waals surface area contributed by atoms with E-state index in [9.17, 15) is 0 Å². The normalized spacial score (nSPS) is 21.6. The second-order valence-corrected chi connectivity index (χ2v) is 6.56. The number of hydrogen-bond acceptors (Lipinski definition) is 2. The van der Waals surface area contributed by atoms with Crippen molar-refractivity contribution in [3.05, 3.63) is 70.8 Å². The van der Waals surface area contributed by atoms with Gasteiger partial charge in [-0.15, -0.1) is 0 Å². The Hall–Kier alpha value is -1.64. The monoisotopic (exact) mass is 310 g/mol. The van der Waals surface area contributed by atoms with Crippen LogP contribution in [0.2, 0.25) is 0 Å². The Balaban J connectivity index is 1.61. The number of aryl methyl sites for hydroxylation is 1. The molecule has 0 radical (unpaired) electrons. The fourth-order valence-corrected chi connectivity index (χ4v) is 2.95. The smallest absolute Gasteiger partial charge is 0.106 e. The quantitative estimate of drug-likeness (QED) is 0.772. The number of hydrogen-bond donors (Lipinski definition) is 0. The van der Waals surface area contributed by atoms with E-state index in [4.69, 9.17) is 9.47 Å². The lowest BCUT2D eigenvalue weighted by atomic mass is 9.99. The third-order valence-corrected chi connectivity index (χ3v) is 4.63. The van der Waals surface area contributed by atoms with E-state index in [1.807, 2.05) is 0 Å². The first kappa shape index (κ1) is 16.2. The minimum atomic E-state index is 0.0439. The van der Waals surface area contributed by atoms with Crippen LogP contribution in [-0.2, 0) is 15.9 Å². The Kier molecular flexibility index (Phi) is 5.14. The van der Waals surface area contributed by atoms with Gasteiger partial charge in [-0.25, -0.2) is 0 Å². The van der Waals surface area contributed by atoms with E-state index in [0.717, 1.165) is 6.42 Å². The summed E-state index contributed by atoms with van der Waals surface area (Å²) in [6, 6.07) is 17.4. The predicted molar refractivity (Wildman–Crippen MR) is 93.7 cm³/mol. The van der Waals surface area contributed by atoms with Gasteiger partial charge in [0.2, 0.25) is 0 Å². The maximum absolute atomic E-state index is 6.06. The van der Waals surface area contributed by atoms with Gasteiger partial charge in [0.15, 0.2) is 0 Å². The Morgan fingerprint density at radius 3 is 1.70 bits per heavy atom. The minimum Gasteiger partial charge on any atom is -0.368 e. The third kappa shape index (κ3) is 3.82. The molecule has 2 aromatic carbocycles. The van der Waals surface area contributed by atoms with Gasteiger partial charge >= 0.3 is 0 Å². The summed E-state index contributed by atoms with van der Waals surface area (Å²) in [6.45, 7) is 7.82. The van der Waals surface area contributed by atoms with Crippen molar-refractivity contribution in [2.75, 3.05) is 13.2 Å². The standard InChI is InChI=1S/C21H26O2/c1-4-16-5-7-18(8-6-16)20-13-23-21(14-22-20)19-11-9-17(10-12-19)15(2)3/h5-12,15,20-21H,4,13-14H2,1-3H3/t20-,21+/m0/s1. The van der Waals surface area contributed by atoms with Gasteiger partial charge < -0.3 is 9.47 Å². The van der Waals surface area contributed by atoms with Gasteiger partial charge in [0, 0.05) is 0 Å². The van der Waals surface area contributed by atoms with Crippen molar-refractivity contribution >= 4 is 0 Å². The molecule has 122 valence electrons. The van der Waals surface area contributed by atoms with Crippen molar-refractivity contribution in [2.45, 2.75) is 45.3 Å². The Morgan fingerprint density at radius 2 is 1.30 bits per heavy atom. The molecule has 2 atom stereocenters. The summed E-state index contributed by atoms with van der Waals surface area (Å²) in [5.41, 5.74) is 5.12. The van der Waals surface area contributed by atoms with Crippen LogP contribution in [0.3, 0.4) is 0 Å². The summed E-state index contributed by atoms with van der Waals surface area (Å²) in [7, 11) is 0. The second-order valence-electron chi connectivity index (χ2n) is 6.56. The van der Waals surface area contributed by atoms with Crippen LogP contribution in [0.4, 0.5) is 0 Å². The van der Waals surface area contributed by atoms with Crippen LogP contribution < -0.4 is 0 Å². The Labute approximate surface area is 139 Å². The highest BCUT2D eigenvalue weighted by Crippen LogP contribution is 2.30. The van der Waals surface area contributed by atoms with Crippen molar-refractivity contribution in [3.63, 3.8) is 0 Å². The molecular weight excluding hydrogens is 284 g/mol. The molecule has 1 fully saturated rings. The maximum Gasteiger partial charge on any atom is 0.106 e. The van der Waals surface area contributed by atoms with E-state index in [1.54, 1.807) is 0 Å². The molecule has 0 aromatic heterocycles. The van der Waals surface area contributed by atoms with Gasteiger partial charge in [-0.2, -0.15) is 0 Å².